The van der Waals surface area contributed by atoms with Gasteiger partial charge in [-0.3, -0.25) is 14.4 Å². The number of carbonyl (C=O) groups excluding carboxylic acids is 1. The number of nitrogens with two attached hydrogens (primary N) is 1. The fraction of sp³-hybridized carbons (Fsp3) is 0.500. The Bertz CT molecular complexity index is 341. The van der Waals surface area contributed by atoms with E-state index in [1.165, 1.54) is 0 Å². The molecular formula is C8H12N2O7. The number of carbonyl (C=O) groups is 4. The molecule has 6 N–H and O–H groups in total. The first-order valence-electron chi connectivity index (χ1n) is 4.46. The van der Waals surface area contributed by atoms with Crippen molar-refractivity contribution in [3.8, 4) is 0 Å². The first-order valence-corrected chi connectivity index (χ1v) is 4.46. The van der Waals surface area contributed by atoms with E-state index in [0.29, 0.717) is 0 Å². The van der Waals surface area contributed by atoms with Crippen LogP contribution in [0.25, 0.3) is 0 Å². The summed E-state index contributed by atoms with van der Waals surface area (Å²) in [5.74, 6) is -5.27. The lowest BCUT2D eigenvalue weighted by Crippen LogP contribution is -2.45. The number of hydrogen-bond donors (Lipinski definition) is 5. The molecule has 96 valence electrons. The molecule has 0 aliphatic rings. The van der Waals surface area contributed by atoms with Crippen LogP contribution >= 0.6 is 0 Å². The van der Waals surface area contributed by atoms with Crippen LogP contribution < -0.4 is 11.1 Å². The number of carboxylic acid groups (broad SMARTS) is 3. The van der Waals surface area contributed by atoms with Crippen molar-refractivity contribution >= 4 is 23.8 Å². The van der Waals surface area contributed by atoms with Crippen molar-refractivity contribution in [1.29, 1.82) is 0 Å². The van der Waals surface area contributed by atoms with Crippen LogP contribution in [0, 0.1) is 0 Å². The number of rotatable bonds is 7. The fourth-order valence-electron chi connectivity index (χ4n) is 0.915. The summed E-state index contributed by atoms with van der Waals surface area (Å²) in [6, 6.07) is -3.07. The molecular weight excluding hydrogens is 236 g/mol. The SMILES string of the molecule is N[C@@H](CC(=O)N[C@@H](CC(=O)O)C(=O)O)C(=O)O. The quantitative estimate of drug-likeness (QED) is 0.339. The van der Waals surface area contributed by atoms with Crippen LogP contribution in [-0.2, 0) is 19.2 Å². The van der Waals surface area contributed by atoms with Crippen molar-refractivity contribution in [1.82, 2.24) is 5.32 Å². The second-order valence-electron chi connectivity index (χ2n) is 3.21. The maximum Gasteiger partial charge on any atom is 0.326 e. The Morgan fingerprint density at radius 1 is 1.00 bits per heavy atom. The van der Waals surface area contributed by atoms with Crippen molar-refractivity contribution in [2.45, 2.75) is 24.9 Å². The summed E-state index contributed by atoms with van der Waals surface area (Å²) < 4.78 is 0. The van der Waals surface area contributed by atoms with Gasteiger partial charge in [-0.05, 0) is 0 Å². The summed E-state index contributed by atoms with van der Waals surface area (Å²) in [4.78, 5) is 42.3. The molecule has 0 heterocycles. The molecule has 2 atom stereocenters. The van der Waals surface area contributed by atoms with Crippen molar-refractivity contribution < 1.29 is 34.5 Å². The van der Waals surface area contributed by atoms with Crippen LogP contribution in [0.4, 0.5) is 0 Å². The molecule has 0 aliphatic carbocycles. The molecule has 0 fully saturated rings. The van der Waals surface area contributed by atoms with Crippen LogP contribution in [0.5, 0.6) is 0 Å². The van der Waals surface area contributed by atoms with Gasteiger partial charge in [0.15, 0.2) is 0 Å². The Hall–Kier alpha value is -2.16. The third-order valence-corrected chi connectivity index (χ3v) is 1.73. The van der Waals surface area contributed by atoms with Gasteiger partial charge in [0.25, 0.3) is 0 Å². The van der Waals surface area contributed by atoms with Gasteiger partial charge < -0.3 is 26.4 Å². The standard InChI is InChI=1S/C8H12N2O7/c9-3(7(14)15)1-5(11)10-4(8(16)17)2-6(12)13/h3-4H,1-2,9H2,(H,10,11)(H,12,13)(H,14,15)(H,16,17)/t3-,4-/m0/s1. The van der Waals surface area contributed by atoms with E-state index in [1.807, 2.05) is 5.32 Å². The summed E-state index contributed by atoms with van der Waals surface area (Å²) in [5, 5.41) is 27.2. The second kappa shape index (κ2) is 6.43. The largest absolute Gasteiger partial charge is 0.481 e. The van der Waals surface area contributed by atoms with Gasteiger partial charge in [-0.15, -0.1) is 0 Å². The molecule has 0 radical (unpaired) electrons. The topological polar surface area (TPSA) is 167 Å². The third-order valence-electron chi connectivity index (χ3n) is 1.73. The fourth-order valence-corrected chi connectivity index (χ4v) is 0.915. The van der Waals surface area contributed by atoms with Crippen LogP contribution in [-0.4, -0.2) is 51.2 Å². The summed E-state index contributed by atoms with van der Waals surface area (Å²) >= 11 is 0. The maximum absolute atomic E-state index is 11.1. The van der Waals surface area contributed by atoms with Gasteiger partial charge in [0, 0.05) is 0 Å². The number of carboxylic acids is 3. The normalized spacial score (nSPS) is 13.5. The lowest BCUT2D eigenvalue weighted by atomic mass is 10.1. The van der Waals surface area contributed by atoms with Gasteiger partial charge >= 0.3 is 17.9 Å². The molecule has 17 heavy (non-hydrogen) atoms. The lowest BCUT2D eigenvalue weighted by molar-refractivity contribution is -0.147. The van der Waals surface area contributed by atoms with Crippen molar-refractivity contribution in [2.75, 3.05) is 0 Å². The second-order valence-corrected chi connectivity index (χ2v) is 3.21. The lowest BCUT2D eigenvalue weighted by Gasteiger charge is -2.13. The molecule has 0 aromatic rings. The van der Waals surface area contributed by atoms with Gasteiger partial charge in [-0.1, -0.05) is 0 Å². The van der Waals surface area contributed by atoms with Gasteiger partial charge in [-0.25, -0.2) is 4.79 Å². The molecule has 1 amide bonds. The molecule has 0 saturated heterocycles. The number of nitrogens with one attached hydrogen (secondary N) is 1. The highest BCUT2D eigenvalue weighted by Crippen LogP contribution is 1.96. The van der Waals surface area contributed by atoms with Gasteiger partial charge in [0.2, 0.25) is 5.91 Å². The summed E-state index contributed by atoms with van der Waals surface area (Å²) in [5.41, 5.74) is 5.05. The van der Waals surface area contributed by atoms with E-state index < -0.39 is 48.7 Å². The molecule has 0 aliphatic heterocycles. The molecule has 0 bridgehead atoms. The van der Waals surface area contributed by atoms with Gasteiger partial charge in [-0.2, -0.15) is 0 Å². The molecule has 0 spiro atoms. The van der Waals surface area contributed by atoms with E-state index in [9.17, 15) is 19.2 Å². The van der Waals surface area contributed by atoms with Gasteiger partial charge in [0.05, 0.1) is 12.8 Å². The predicted octanol–water partition coefficient (Wildman–Crippen LogP) is -2.17. The average molecular weight is 248 g/mol. The molecule has 9 heteroatoms. The minimum absolute atomic E-state index is 0.626. The zero-order chi connectivity index (χ0) is 13.6. The van der Waals surface area contributed by atoms with E-state index in [0.717, 1.165) is 0 Å². The Morgan fingerprint density at radius 3 is 1.88 bits per heavy atom. The van der Waals surface area contributed by atoms with Crippen LogP contribution in [0.2, 0.25) is 0 Å². The number of aliphatic carboxylic acids is 3. The number of amides is 1. The third kappa shape index (κ3) is 6.10. The molecule has 0 aromatic carbocycles. The average Bonchev–Trinajstić information content (AvgIpc) is 2.15. The van der Waals surface area contributed by atoms with Crippen LogP contribution in [0.3, 0.4) is 0 Å². The molecule has 0 unspecified atom stereocenters. The smallest absolute Gasteiger partial charge is 0.326 e. The Kier molecular flexibility index (Phi) is 5.61. The summed E-state index contributed by atoms with van der Waals surface area (Å²) in [7, 11) is 0. The molecule has 0 aromatic heterocycles. The monoisotopic (exact) mass is 248 g/mol. The van der Waals surface area contributed by atoms with E-state index in [4.69, 9.17) is 21.1 Å². The molecule has 9 nitrogen and oxygen atoms in total. The summed E-state index contributed by atoms with van der Waals surface area (Å²) in [6.07, 6.45) is -1.43. The van der Waals surface area contributed by atoms with Crippen molar-refractivity contribution in [2.24, 2.45) is 5.73 Å². The van der Waals surface area contributed by atoms with Crippen LogP contribution in [0.1, 0.15) is 12.8 Å². The van der Waals surface area contributed by atoms with E-state index in [2.05, 4.69) is 0 Å². The highest BCUT2D eigenvalue weighted by molar-refractivity contribution is 5.89. The minimum atomic E-state index is -1.61. The first-order chi connectivity index (χ1) is 7.73. The van der Waals surface area contributed by atoms with Crippen LogP contribution in [0.15, 0.2) is 0 Å². The first kappa shape index (κ1) is 14.8. The Morgan fingerprint density at radius 2 is 1.53 bits per heavy atom. The van der Waals surface area contributed by atoms with E-state index in [-0.39, 0.29) is 0 Å². The Balaban J connectivity index is 4.36. The predicted molar refractivity (Wildman–Crippen MR) is 52.0 cm³/mol. The molecule has 0 saturated carbocycles. The maximum atomic E-state index is 11.1. The molecule has 0 rings (SSSR count). The minimum Gasteiger partial charge on any atom is -0.481 e. The Labute approximate surface area is 95.2 Å². The van der Waals surface area contributed by atoms with E-state index >= 15 is 0 Å². The summed E-state index contributed by atoms with van der Waals surface area (Å²) in [6.45, 7) is 0. The van der Waals surface area contributed by atoms with Crippen molar-refractivity contribution in [3.63, 3.8) is 0 Å². The zero-order valence-corrected chi connectivity index (χ0v) is 8.62. The highest BCUT2D eigenvalue weighted by Gasteiger charge is 2.25. The highest BCUT2D eigenvalue weighted by atomic mass is 16.4. The number of hydrogen-bond acceptors (Lipinski definition) is 5. The van der Waals surface area contributed by atoms with Gasteiger partial charge in [0.1, 0.15) is 12.1 Å². The van der Waals surface area contributed by atoms with Crippen molar-refractivity contribution in [3.05, 3.63) is 0 Å². The zero-order valence-electron chi connectivity index (χ0n) is 8.62. The van der Waals surface area contributed by atoms with E-state index in [1.54, 1.807) is 0 Å².